The zero-order valence-corrected chi connectivity index (χ0v) is 13.6. The number of sulfone groups is 1. The van der Waals surface area contributed by atoms with Crippen molar-refractivity contribution in [3.8, 4) is 0 Å². The van der Waals surface area contributed by atoms with Gasteiger partial charge >= 0.3 is 0 Å². The van der Waals surface area contributed by atoms with Crippen LogP contribution in [0.1, 0.15) is 20.8 Å². The number of rotatable bonds is 2. The lowest BCUT2D eigenvalue weighted by Crippen LogP contribution is -2.53. The number of benzene rings is 1. The molecule has 1 aromatic rings. The molecule has 0 bridgehead atoms. The molecule has 20 heavy (non-hydrogen) atoms. The molecular weight excluding hydrogens is 272 g/mol. The third kappa shape index (κ3) is 3.52. The van der Waals surface area contributed by atoms with Crippen LogP contribution in [-0.4, -0.2) is 51.3 Å². The Morgan fingerprint density at radius 3 is 1.85 bits per heavy atom. The van der Waals surface area contributed by atoms with Crippen LogP contribution in [0.5, 0.6) is 0 Å². The molecule has 5 heteroatoms. The fourth-order valence-electron chi connectivity index (χ4n) is 2.54. The van der Waals surface area contributed by atoms with E-state index in [0.29, 0.717) is 4.90 Å². The summed E-state index contributed by atoms with van der Waals surface area (Å²) in [4.78, 5) is 5.18. The van der Waals surface area contributed by atoms with E-state index in [4.69, 9.17) is 0 Å². The Balaban J connectivity index is 2.04. The number of nitrogens with zero attached hydrogens (tertiary/aromatic N) is 2. The van der Waals surface area contributed by atoms with Crippen LogP contribution in [0.2, 0.25) is 0 Å². The van der Waals surface area contributed by atoms with Gasteiger partial charge in [-0.15, -0.1) is 0 Å². The first-order valence-corrected chi connectivity index (χ1v) is 8.87. The Kier molecular flexibility index (Phi) is 4.12. The van der Waals surface area contributed by atoms with Gasteiger partial charge in [0.2, 0.25) is 0 Å². The average molecular weight is 296 g/mol. The molecular formula is C15H24N2O2S. The van der Waals surface area contributed by atoms with Crippen LogP contribution in [0.25, 0.3) is 0 Å². The van der Waals surface area contributed by atoms with Gasteiger partial charge in [-0.3, -0.25) is 4.90 Å². The number of piperazine rings is 1. The summed E-state index contributed by atoms with van der Waals surface area (Å²) in [5.41, 5.74) is 1.32. The molecule has 0 radical (unpaired) electrons. The van der Waals surface area contributed by atoms with Crippen molar-refractivity contribution in [3.05, 3.63) is 24.3 Å². The van der Waals surface area contributed by atoms with E-state index in [1.54, 1.807) is 12.1 Å². The predicted molar refractivity (Wildman–Crippen MR) is 83.1 cm³/mol. The van der Waals surface area contributed by atoms with Crippen molar-refractivity contribution in [2.75, 3.05) is 37.3 Å². The van der Waals surface area contributed by atoms with Crippen molar-refractivity contribution in [2.24, 2.45) is 0 Å². The summed E-state index contributed by atoms with van der Waals surface area (Å²) in [5.74, 6) is 0. The first kappa shape index (κ1) is 15.3. The van der Waals surface area contributed by atoms with E-state index in [2.05, 4.69) is 30.6 Å². The third-order valence-corrected chi connectivity index (χ3v) is 4.99. The van der Waals surface area contributed by atoms with Crippen LogP contribution in [0, 0.1) is 0 Å². The molecule has 1 fully saturated rings. The molecule has 0 N–H and O–H groups in total. The second-order valence-corrected chi connectivity index (χ2v) is 8.43. The van der Waals surface area contributed by atoms with Gasteiger partial charge in [-0.05, 0) is 45.0 Å². The predicted octanol–water partition coefficient (Wildman–Crippen LogP) is 2.01. The van der Waals surface area contributed by atoms with E-state index in [0.717, 1.165) is 31.9 Å². The summed E-state index contributed by atoms with van der Waals surface area (Å²) in [7, 11) is -3.11. The Hall–Kier alpha value is -1.07. The highest BCUT2D eigenvalue weighted by molar-refractivity contribution is 7.90. The highest BCUT2D eigenvalue weighted by atomic mass is 32.2. The lowest BCUT2D eigenvalue weighted by molar-refractivity contribution is 0.128. The SMILES string of the molecule is CC(C)(C)N1CCN(c2ccc(S(C)(=O)=O)cc2)CC1. The third-order valence-electron chi connectivity index (χ3n) is 3.86. The molecule has 2 rings (SSSR count). The lowest BCUT2D eigenvalue weighted by Gasteiger charge is -2.43. The summed E-state index contributed by atoms with van der Waals surface area (Å²) >= 11 is 0. The molecule has 1 aliphatic heterocycles. The van der Waals surface area contributed by atoms with E-state index < -0.39 is 9.84 Å². The normalized spacial score (nSPS) is 18.3. The molecule has 112 valence electrons. The Morgan fingerprint density at radius 1 is 0.950 bits per heavy atom. The van der Waals surface area contributed by atoms with E-state index in [9.17, 15) is 8.42 Å². The zero-order chi connectivity index (χ0) is 15.0. The highest BCUT2D eigenvalue weighted by Crippen LogP contribution is 2.22. The second kappa shape index (κ2) is 5.37. The van der Waals surface area contributed by atoms with Gasteiger partial charge < -0.3 is 4.90 Å². The molecule has 1 aliphatic rings. The van der Waals surface area contributed by atoms with Crippen LogP contribution in [0.15, 0.2) is 29.2 Å². The van der Waals surface area contributed by atoms with Crippen LogP contribution in [0.3, 0.4) is 0 Å². The zero-order valence-electron chi connectivity index (χ0n) is 12.8. The molecule has 4 nitrogen and oxygen atoms in total. The topological polar surface area (TPSA) is 40.6 Å². The maximum Gasteiger partial charge on any atom is 0.175 e. The summed E-state index contributed by atoms with van der Waals surface area (Å²) in [5, 5.41) is 0. The Labute approximate surface area is 122 Å². The molecule has 1 heterocycles. The number of hydrogen-bond acceptors (Lipinski definition) is 4. The molecule has 0 unspecified atom stereocenters. The molecule has 0 aromatic heterocycles. The van der Waals surface area contributed by atoms with Crippen molar-refractivity contribution in [1.29, 1.82) is 0 Å². The fourth-order valence-corrected chi connectivity index (χ4v) is 3.17. The van der Waals surface area contributed by atoms with Crippen molar-refractivity contribution < 1.29 is 8.42 Å². The maximum atomic E-state index is 11.5. The summed E-state index contributed by atoms with van der Waals surface area (Å²) in [6.45, 7) is 10.8. The molecule has 0 atom stereocenters. The quantitative estimate of drug-likeness (QED) is 0.837. The molecule has 0 aliphatic carbocycles. The first-order chi connectivity index (χ1) is 9.18. The number of hydrogen-bond donors (Lipinski definition) is 0. The van der Waals surface area contributed by atoms with E-state index in [-0.39, 0.29) is 5.54 Å². The second-order valence-electron chi connectivity index (χ2n) is 6.41. The minimum Gasteiger partial charge on any atom is -0.369 e. The van der Waals surface area contributed by atoms with Crippen LogP contribution in [0.4, 0.5) is 5.69 Å². The average Bonchev–Trinajstić information content (AvgIpc) is 2.37. The summed E-state index contributed by atoms with van der Waals surface area (Å²) < 4.78 is 22.9. The van der Waals surface area contributed by atoms with Gasteiger partial charge in [0, 0.05) is 43.7 Å². The van der Waals surface area contributed by atoms with Gasteiger partial charge in [0.15, 0.2) is 9.84 Å². The van der Waals surface area contributed by atoms with Gasteiger partial charge in [0.25, 0.3) is 0 Å². The Morgan fingerprint density at radius 2 is 1.45 bits per heavy atom. The van der Waals surface area contributed by atoms with Crippen molar-refractivity contribution in [1.82, 2.24) is 4.90 Å². The monoisotopic (exact) mass is 296 g/mol. The molecule has 0 spiro atoms. The molecule has 0 amide bonds. The minimum absolute atomic E-state index is 0.215. The minimum atomic E-state index is -3.11. The van der Waals surface area contributed by atoms with E-state index >= 15 is 0 Å². The Bertz CT molecular complexity index is 551. The van der Waals surface area contributed by atoms with Crippen LogP contribution >= 0.6 is 0 Å². The first-order valence-electron chi connectivity index (χ1n) is 6.98. The standard InChI is InChI=1S/C15H24N2O2S/c1-15(2,3)17-11-9-16(10-12-17)13-5-7-14(8-6-13)20(4,18)19/h5-8H,9-12H2,1-4H3. The van der Waals surface area contributed by atoms with E-state index in [1.807, 2.05) is 12.1 Å². The van der Waals surface area contributed by atoms with E-state index in [1.165, 1.54) is 6.26 Å². The summed E-state index contributed by atoms with van der Waals surface area (Å²) in [6, 6.07) is 7.20. The van der Waals surface area contributed by atoms with Gasteiger partial charge in [-0.1, -0.05) is 0 Å². The van der Waals surface area contributed by atoms with Gasteiger partial charge in [0.1, 0.15) is 0 Å². The van der Waals surface area contributed by atoms with Crippen LogP contribution < -0.4 is 4.90 Å². The molecule has 1 saturated heterocycles. The largest absolute Gasteiger partial charge is 0.369 e. The van der Waals surface area contributed by atoms with Crippen molar-refractivity contribution in [2.45, 2.75) is 31.2 Å². The van der Waals surface area contributed by atoms with Crippen molar-refractivity contribution in [3.63, 3.8) is 0 Å². The van der Waals surface area contributed by atoms with Gasteiger partial charge in [0.05, 0.1) is 4.90 Å². The maximum absolute atomic E-state index is 11.5. The highest BCUT2D eigenvalue weighted by Gasteiger charge is 2.25. The van der Waals surface area contributed by atoms with Crippen molar-refractivity contribution >= 4 is 15.5 Å². The van der Waals surface area contributed by atoms with Gasteiger partial charge in [-0.2, -0.15) is 0 Å². The summed E-state index contributed by atoms with van der Waals surface area (Å²) in [6.07, 6.45) is 1.24. The fraction of sp³-hybridized carbons (Fsp3) is 0.600. The van der Waals surface area contributed by atoms with Gasteiger partial charge in [-0.25, -0.2) is 8.42 Å². The van der Waals surface area contributed by atoms with Crippen LogP contribution in [-0.2, 0) is 9.84 Å². The molecule has 1 aromatic carbocycles. The number of anilines is 1. The lowest BCUT2D eigenvalue weighted by atomic mass is 10.0. The molecule has 0 saturated carbocycles. The smallest absolute Gasteiger partial charge is 0.175 e.